The van der Waals surface area contributed by atoms with Crippen LogP contribution >= 0.6 is 11.6 Å². The van der Waals surface area contributed by atoms with Crippen LogP contribution in [0.25, 0.3) is 0 Å². The van der Waals surface area contributed by atoms with Crippen molar-refractivity contribution in [1.29, 1.82) is 0 Å². The maximum atomic E-state index is 11.6. The van der Waals surface area contributed by atoms with Gasteiger partial charge in [0.25, 0.3) is 5.91 Å². The maximum absolute atomic E-state index is 11.6. The minimum atomic E-state index is -0.629. The van der Waals surface area contributed by atoms with E-state index in [1.165, 1.54) is 18.2 Å². The monoisotopic (exact) mass is 270 g/mol. The summed E-state index contributed by atoms with van der Waals surface area (Å²) in [5.74, 6) is -0.962. The number of halogens is 1. The molecule has 1 amide bonds. The molecule has 0 saturated heterocycles. The molecule has 0 spiro atoms. The molecule has 0 aliphatic rings. The highest BCUT2D eigenvalue weighted by atomic mass is 35.5. The number of hydrogen-bond donors (Lipinski definition) is 2. The third kappa shape index (κ3) is 4.63. The third-order valence-corrected chi connectivity index (χ3v) is 2.28. The summed E-state index contributed by atoms with van der Waals surface area (Å²) in [6.45, 7) is 2.17. The van der Waals surface area contributed by atoms with Crippen LogP contribution in [0.15, 0.2) is 18.2 Å². The van der Waals surface area contributed by atoms with Crippen molar-refractivity contribution in [1.82, 2.24) is 5.32 Å². The summed E-state index contributed by atoms with van der Waals surface area (Å²) in [4.78, 5) is 22.8. The molecule has 0 saturated carbocycles. The van der Waals surface area contributed by atoms with Crippen molar-refractivity contribution in [3.8, 4) is 0 Å². The molecule has 0 atom stereocenters. The lowest BCUT2D eigenvalue weighted by atomic mass is 10.2. The first-order chi connectivity index (χ1) is 8.52. The van der Waals surface area contributed by atoms with Gasteiger partial charge in [0.1, 0.15) is 0 Å². The van der Waals surface area contributed by atoms with E-state index in [4.69, 9.17) is 22.1 Å². The molecular formula is C12H15ClN2O3. The topological polar surface area (TPSA) is 81.4 Å². The van der Waals surface area contributed by atoms with Gasteiger partial charge in [-0.2, -0.15) is 0 Å². The minimum absolute atomic E-state index is 0.225. The summed E-state index contributed by atoms with van der Waals surface area (Å²) in [7, 11) is 0. The Kier molecular flexibility index (Phi) is 5.45. The van der Waals surface area contributed by atoms with Crippen LogP contribution in [0, 0.1) is 0 Å². The van der Waals surface area contributed by atoms with E-state index in [1.54, 1.807) is 0 Å². The van der Waals surface area contributed by atoms with Crippen LogP contribution in [0.2, 0.25) is 5.02 Å². The summed E-state index contributed by atoms with van der Waals surface area (Å²) in [6, 6.07) is 4.40. The number of esters is 1. The van der Waals surface area contributed by atoms with Gasteiger partial charge in [-0.1, -0.05) is 18.5 Å². The molecule has 1 aromatic rings. The minimum Gasteiger partial charge on any atom is -0.452 e. The van der Waals surface area contributed by atoms with Gasteiger partial charge in [0, 0.05) is 17.3 Å². The number of nitrogens with one attached hydrogen (secondary N) is 1. The lowest BCUT2D eigenvalue weighted by molar-refractivity contribution is -0.124. The average Bonchev–Trinajstić information content (AvgIpc) is 2.32. The highest BCUT2D eigenvalue weighted by Crippen LogP contribution is 2.17. The largest absolute Gasteiger partial charge is 0.452 e. The molecule has 0 aliphatic carbocycles. The molecule has 18 heavy (non-hydrogen) atoms. The van der Waals surface area contributed by atoms with Crippen molar-refractivity contribution in [3.05, 3.63) is 28.8 Å². The van der Waals surface area contributed by atoms with Crippen LogP contribution in [0.3, 0.4) is 0 Å². The normalized spacial score (nSPS) is 9.89. The summed E-state index contributed by atoms with van der Waals surface area (Å²) in [6.07, 6.45) is 0.824. The van der Waals surface area contributed by atoms with E-state index < -0.39 is 5.97 Å². The summed E-state index contributed by atoms with van der Waals surface area (Å²) in [5, 5.41) is 2.94. The predicted molar refractivity (Wildman–Crippen MR) is 69.4 cm³/mol. The Balaban J connectivity index is 2.52. The molecule has 0 unspecified atom stereocenters. The van der Waals surface area contributed by atoms with Gasteiger partial charge in [-0.25, -0.2) is 4.79 Å². The number of carbonyl (C=O) groups excluding carboxylic acids is 2. The Morgan fingerprint density at radius 3 is 2.72 bits per heavy atom. The van der Waals surface area contributed by atoms with E-state index in [0.29, 0.717) is 17.3 Å². The number of benzene rings is 1. The Labute approximate surface area is 110 Å². The molecule has 0 aromatic heterocycles. The van der Waals surface area contributed by atoms with Crippen molar-refractivity contribution in [2.75, 3.05) is 18.9 Å². The molecule has 0 radical (unpaired) electrons. The van der Waals surface area contributed by atoms with Gasteiger partial charge in [-0.15, -0.1) is 0 Å². The van der Waals surface area contributed by atoms with E-state index in [0.717, 1.165) is 6.42 Å². The first kappa shape index (κ1) is 14.3. The van der Waals surface area contributed by atoms with Gasteiger partial charge >= 0.3 is 5.97 Å². The molecule has 0 aliphatic heterocycles. The van der Waals surface area contributed by atoms with E-state index >= 15 is 0 Å². The number of anilines is 1. The Hall–Kier alpha value is -1.75. The van der Waals surface area contributed by atoms with Crippen LogP contribution < -0.4 is 11.1 Å². The van der Waals surface area contributed by atoms with Gasteiger partial charge in [-0.3, -0.25) is 4.79 Å². The Morgan fingerprint density at radius 2 is 2.11 bits per heavy atom. The van der Waals surface area contributed by atoms with E-state index in [9.17, 15) is 9.59 Å². The molecule has 98 valence electrons. The van der Waals surface area contributed by atoms with Crippen molar-refractivity contribution in [2.24, 2.45) is 0 Å². The summed E-state index contributed by atoms with van der Waals surface area (Å²) < 4.78 is 4.83. The molecule has 0 bridgehead atoms. The number of rotatable bonds is 5. The van der Waals surface area contributed by atoms with Crippen LogP contribution in [-0.2, 0) is 9.53 Å². The molecule has 5 nitrogen and oxygen atoms in total. The Bertz CT molecular complexity index is 429. The van der Waals surface area contributed by atoms with Crippen LogP contribution in [0.4, 0.5) is 5.69 Å². The number of hydrogen-bond acceptors (Lipinski definition) is 4. The molecule has 3 N–H and O–H groups in total. The van der Waals surface area contributed by atoms with Crippen molar-refractivity contribution in [3.63, 3.8) is 0 Å². The van der Waals surface area contributed by atoms with Gasteiger partial charge in [0.05, 0.1) is 5.56 Å². The number of amides is 1. The van der Waals surface area contributed by atoms with E-state index in [1.807, 2.05) is 6.92 Å². The number of nitrogens with two attached hydrogens (primary N) is 1. The van der Waals surface area contributed by atoms with Gasteiger partial charge in [-0.05, 0) is 24.6 Å². The molecule has 1 rings (SSSR count). The second-order valence-corrected chi connectivity index (χ2v) is 4.14. The van der Waals surface area contributed by atoms with Crippen molar-refractivity contribution in [2.45, 2.75) is 13.3 Å². The third-order valence-electron chi connectivity index (χ3n) is 2.06. The SMILES string of the molecule is CCCNC(=O)COC(=O)c1cc(N)cc(Cl)c1. The highest BCUT2D eigenvalue weighted by molar-refractivity contribution is 6.31. The highest BCUT2D eigenvalue weighted by Gasteiger charge is 2.11. The Morgan fingerprint density at radius 1 is 1.39 bits per heavy atom. The number of nitrogen functional groups attached to an aromatic ring is 1. The maximum Gasteiger partial charge on any atom is 0.338 e. The second-order valence-electron chi connectivity index (χ2n) is 3.70. The lowest BCUT2D eigenvalue weighted by Crippen LogP contribution is -2.29. The zero-order valence-corrected chi connectivity index (χ0v) is 10.8. The van der Waals surface area contributed by atoms with Crippen molar-refractivity contribution < 1.29 is 14.3 Å². The number of ether oxygens (including phenoxy) is 1. The molecule has 0 heterocycles. The predicted octanol–water partition coefficient (Wildman–Crippen LogP) is 1.61. The van der Waals surface area contributed by atoms with Crippen LogP contribution in [-0.4, -0.2) is 25.0 Å². The average molecular weight is 271 g/mol. The summed E-state index contributed by atoms with van der Waals surface area (Å²) >= 11 is 5.76. The summed E-state index contributed by atoms with van der Waals surface area (Å²) in [5.41, 5.74) is 6.14. The fraction of sp³-hybridized carbons (Fsp3) is 0.333. The van der Waals surface area contributed by atoms with E-state index in [2.05, 4.69) is 5.32 Å². The molecule has 6 heteroatoms. The standard InChI is InChI=1S/C12H15ClN2O3/c1-2-3-15-11(16)7-18-12(17)8-4-9(13)6-10(14)5-8/h4-6H,2-3,7,14H2,1H3,(H,15,16). The smallest absolute Gasteiger partial charge is 0.338 e. The van der Waals surface area contributed by atoms with Crippen LogP contribution in [0.5, 0.6) is 0 Å². The van der Waals surface area contributed by atoms with Gasteiger partial charge in [0.15, 0.2) is 6.61 Å². The second kappa shape index (κ2) is 6.86. The fourth-order valence-electron chi connectivity index (χ4n) is 1.26. The zero-order valence-electron chi connectivity index (χ0n) is 10.0. The van der Waals surface area contributed by atoms with E-state index in [-0.39, 0.29) is 18.1 Å². The fourth-order valence-corrected chi connectivity index (χ4v) is 1.50. The first-order valence-corrected chi connectivity index (χ1v) is 5.90. The lowest BCUT2D eigenvalue weighted by Gasteiger charge is -2.06. The van der Waals surface area contributed by atoms with Crippen LogP contribution in [0.1, 0.15) is 23.7 Å². The number of carbonyl (C=O) groups is 2. The van der Waals surface area contributed by atoms with Crippen molar-refractivity contribution >= 4 is 29.2 Å². The molecule has 0 fully saturated rings. The molecular weight excluding hydrogens is 256 g/mol. The van der Waals surface area contributed by atoms with Gasteiger partial charge in [0.2, 0.25) is 0 Å². The quantitative estimate of drug-likeness (QED) is 0.629. The van der Waals surface area contributed by atoms with Gasteiger partial charge < -0.3 is 15.8 Å². The molecule has 1 aromatic carbocycles. The first-order valence-electron chi connectivity index (χ1n) is 5.52. The zero-order chi connectivity index (χ0) is 13.5.